The molecule has 7 heteroatoms. The molecule has 7 nitrogen and oxygen atoms in total. The van der Waals surface area contributed by atoms with Gasteiger partial charge in [-0.05, 0) is 18.1 Å². The first-order valence-corrected chi connectivity index (χ1v) is 7.75. The fraction of sp³-hybridized carbons (Fsp3) is 0.438. The van der Waals surface area contributed by atoms with E-state index in [1.807, 2.05) is 36.1 Å². The quantitative estimate of drug-likeness (QED) is 0.922. The first-order chi connectivity index (χ1) is 11.2. The molecule has 0 aliphatic carbocycles. The van der Waals surface area contributed by atoms with E-state index in [1.165, 1.54) is 6.33 Å². The predicted octanol–water partition coefficient (Wildman–Crippen LogP) is 1.26. The molecular weight excluding hydrogens is 294 g/mol. The van der Waals surface area contributed by atoms with Crippen molar-refractivity contribution in [3.05, 3.63) is 48.0 Å². The van der Waals surface area contributed by atoms with Gasteiger partial charge >= 0.3 is 6.03 Å². The third-order valence-electron chi connectivity index (χ3n) is 3.91. The molecule has 122 valence electrons. The van der Waals surface area contributed by atoms with Crippen LogP contribution in [0.25, 0.3) is 0 Å². The zero-order valence-electron chi connectivity index (χ0n) is 13.2. The number of nitrogens with zero attached hydrogens (tertiary/aromatic N) is 4. The summed E-state index contributed by atoms with van der Waals surface area (Å²) >= 11 is 0. The Labute approximate surface area is 135 Å². The van der Waals surface area contributed by atoms with Gasteiger partial charge in [-0.3, -0.25) is 0 Å². The molecule has 1 fully saturated rings. The Morgan fingerprint density at radius 3 is 2.83 bits per heavy atom. The number of rotatable bonds is 4. The predicted molar refractivity (Wildman–Crippen MR) is 84.8 cm³/mol. The van der Waals surface area contributed by atoms with Crippen LogP contribution in [0.15, 0.2) is 36.9 Å². The maximum Gasteiger partial charge on any atom is 0.318 e. The number of carbonyl (C=O) groups excluding carboxylic acids is 1. The van der Waals surface area contributed by atoms with Crippen LogP contribution >= 0.6 is 0 Å². The van der Waals surface area contributed by atoms with Gasteiger partial charge in [0.05, 0.1) is 25.8 Å². The van der Waals surface area contributed by atoms with Gasteiger partial charge in [-0.15, -0.1) is 0 Å². The molecule has 0 unspecified atom stereocenters. The molecule has 1 aromatic heterocycles. The van der Waals surface area contributed by atoms with E-state index in [2.05, 4.69) is 15.4 Å². The van der Waals surface area contributed by atoms with E-state index in [0.717, 1.165) is 11.1 Å². The summed E-state index contributed by atoms with van der Waals surface area (Å²) in [5, 5.41) is 7.05. The lowest BCUT2D eigenvalue weighted by atomic mass is 10.1. The number of ether oxygens (including phenoxy) is 1. The third-order valence-corrected chi connectivity index (χ3v) is 3.91. The van der Waals surface area contributed by atoms with Gasteiger partial charge < -0.3 is 15.0 Å². The summed E-state index contributed by atoms with van der Waals surface area (Å²) in [6.07, 6.45) is 3.22. The van der Waals surface area contributed by atoms with Gasteiger partial charge in [0.2, 0.25) is 0 Å². The summed E-state index contributed by atoms with van der Waals surface area (Å²) in [6.45, 7) is 5.06. The van der Waals surface area contributed by atoms with Crippen molar-refractivity contribution in [3.63, 3.8) is 0 Å². The van der Waals surface area contributed by atoms with Crippen LogP contribution < -0.4 is 5.32 Å². The maximum atomic E-state index is 12.2. The highest BCUT2D eigenvalue weighted by Crippen LogP contribution is 2.08. The van der Waals surface area contributed by atoms with Gasteiger partial charge in [-0.1, -0.05) is 24.3 Å². The molecule has 23 heavy (non-hydrogen) atoms. The lowest BCUT2D eigenvalue weighted by Crippen LogP contribution is -2.51. The van der Waals surface area contributed by atoms with E-state index in [9.17, 15) is 4.79 Å². The molecule has 1 N–H and O–H groups in total. The van der Waals surface area contributed by atoms with Gasteiger partial charge in [0, 0.05) is 13.1 Å². The minimum absolute atomic E-state index is 0.0347. The molecule has 0 radical (unpaired) electrons. The van der Waals surface area contributed by atoms with Crippen LogP contribution in [0.1, 0.15) is 18.1 Å². The number of urea groups is 1. The van der Waals surface area contributed by atoms with E-state index in [4.69, 9.17) is 4.74 Å². The molecule has 0 bridgehead atoms. The zero-order valence-corrected chi connectivity index (χ0v) is 13.2. The number of nitrogens with one attached hydrogen (secondary N) is 1. The van der Waals surface area contributed by atoms with Crippen molar-refractivity contribution in [1.82, 2.24) is 25.0 Å². The minimum Gasteiger partial charge on any atom is -0.377 e. The fourth-order valence-electron chi connectivity index (χ4n) is 2.57. The molecule has 3 rings (SSSR count). The maximum absolute atomic E-state index is 12.2. The van der Waals surface area contributed by atoms with Crippen molar-refractivity contribution in [2.75, 3.05) is 19.8 Å². The number of hydrogen-bond acceptors (Lipinski definition) is 4. The highest BCUT2D eigenvalue weighted by Gasteiger charge is 2.23. The Balaban J connectivity index is 1.51. The van der Waals surface area contributed by atoms with Gasteiger partial charge in [-0.2, -0.15) is 5.10 Å². The molecule has 1 saturated heterocycles. The summed E-state index contributed by atoms with van der Waals surface area (Å²) in [5.41, 5.74) is 2.22. The second kappa shape index (κ2) is 7.23. The highest BCUT2D eigenvalue weighted by molar-refractivity contribution is 5.74. The Morgan fingerprint density at radius 2 is 2.13 bits per heavy atom. The molecule has 2 aromatic rings. The Bertz CT molecular complexity index is 626. The first-order valence-electron chi connectivity index (χ1n) is 7.75. The van der Waals surface area contributed by atoms with Crippen LogP contribution in [0, 0.1) is 0 Å². The molecule has 1 aromatic carbocycles. The van der Waals surface area contributed by atoms with Crippen molar-refractivity contribution in [3.8, 4) is 0 Å². The Kier molecular flexibility index (Phi) is 4.87. The van der Waals surface area contributed by atoms with Crippen LogP contribution in [0.4, 0.5) is 4.79 Å². The summed E-state index contributed by atoms with van der Waals surface area (Å²) in [5.74, 6) is 0. The van der Waals surface area contributed by atoms with E-state index >= 15 is 0 Å². The smallest absolute Gasteiger partial charge is 0.318 e. The molecular formula is C16H21N5O2. The first kappa shape index (κ1) is 15.5. The zero-order chi connectivity index (χ0) is 16.1. The number of morpholine rings is 1. The number of amides is 2. The molecule has 1 aliphatic rings. The van der Waals surface area contributed by atoms with E-state index in [1.54, 1.807) is 11.0 Å². The lowest BCUT2D eigenvalue weighted by molar-refractivity contribution is 0.0190. The molecule has 0 saturated carbocycles. The van der Waals surface area contributed by atoms with Crippen molar-refractivity contribution in [1.29, 1.82) is 0 Å². The number of benzene rings is 1. The van der Waals surface area contributed by atoms with Crippen molar-refractivity contribution in [2.24, 2.45) is 0 Å². The molecule has 1 atom stereocenters. The molecule has 2 heterocycles. The van der Waals surface area contributed by atoms with Crippen LogP contribution in [0.5, 0.6) is 0 Å². The fourth-order valence-corrected chi connectivity index (χ4v) is 2.57. The largest absolute Gasteiger partial charge is 0.377 e. The summed E-state index contributed by atoms with van der Waals surface area (Å²) in [4.78, 5) is 17.9. The van der Waals surface area contributed by atoms with Gasteiger partial charge in [0.25, 0.3) is 0 Å². The highest BCUT2D eigenvalue weighted by atomic mass is 16.5. The SMILES string of the molecule is C[C@H]1COCCN1C(=O)NCc1ccc(Cn2cncn2)cc1. The van der Waals surface area contributed by atoms with Crippen molar-refractivity contribution < 1.29 is 9.53 Å². The van der Waals surface area contributed by atoms with Crippen LogP contribution in [-0.4, -0.2) is 51.5 Å². The van der Waals surface area contributed by atoms with Crippen LogP contribution in [0.3, 0.4) is 0 Å². The van der Waals surface area contributed by atoms with Crippen LogP contribution in [0.2, 0.25) is 0 Å². The lowest BCUT2D eigenvalue weighted by Gasteiger charge is -2.33. The molecule has 1 aliphatic heterocycles. The average molecular weight is 315 g/mol. The normalized spacial score (nSPS) is 18.0. The minimum atomic E-state index is -0.0347. The number of aromatic nitrogens is 3. The monoisotopic (exact) mass is 315 g/mol. The number of hydrogen-bond donors (Lipinski definition) is 1. The van der Waals surface area contributed by atoms with E-state index in [-0.39, 0.29) is 12.1 Å². The van der Waals surface area contributed by atoms with Crippen LogP contribution in [-0.2, 0) is 17.8 Å². The summed E-state index contributed by atoms with van der Waals surface area (Å²) < 4.78 is 7.12. The number of carbonyl (C=O) groups is 1. The Morgan fingerprint density at radius 1 is 1.35 bits per heavy atom. The van der Waals surface area contributed by atoms with Gasteiger partial charge in [0.1, 0.15) is 12.7 Å². The van der Waals surface area contributed by atoms with Gasteiger partial charge in [0.15, 0.2) is 0 Å². The second-order valence-corrected chi connectivity index (χ2v) is 5.69. The van der Waals surface area contributed by atoms with Crippen molar-refractivity contribution in [2.45, 2.75) is 26.1 Å². The summed E-state index contributed by atoms with van der Waals surface area (Å²) in [6, 6.07) is 8.22. The van der Waals surface area contributed by atoms with E-state index < -0.39 is 0 Å². The Hall–Kier alpha value is -2.41. The van der Waals surface area contributed by atoms with E-state index in [0.29, 0.717) is 32.8 Å². The summed E-state index contributed by atoms with van der Waals surface area (Å²) in [7, 11) is 0. The second-order valence-electron chi connectivity index (χ2n) is 5.69. The molecule has 0 spiro atoms. The standard InChI is InChI=1S/C16H21N5O2/c1-13-10-23-7-6-21(13)16(22)18-8-14-2-4-15(5-3-14)9-20-12-17-11-19-20/h2-5,11-13H,6-10H2,1H3,(H,18,22)/t13-/m0/s1. The van der Waals surface area contributed by atoms with Crippen molar-refractivity contribution >= 4 is 6.03 Å². The topological polar surface area (TPSA) is 72.3 Å². The van der Waals surface area contributed by atoms with Gasteiger partial charge in [-0.25, -0.2) is 14.5 Å². The average Bonchev–Trinajstić information content (AvgIpc) is 3.07. The molecule has 2 amide bonds. The third kappa shape index (κ3) is 4.07.